The number of pyridine rings is 1. The maximum atomic E-state index is 14.0. The Kier molecular flexibility index (Phi) is 6.10. The van der Waals surface area contributed by atoms with Crippen molar-refractivity contribution in [1.82, 2.24) is 20.1 Å². The van der Waals surface area contributed by atoms with Crippen LogP contribution in [0.2, 0.25) is 0 Å². The van der Waals surface area contributed by atoms with Gasteiger partial charge in [-0.3, -0.25) is 0 Å². The molecule has 11 heteroatoms. The van der Waals surface area contributed by atoms with Crippen LogP contribution in [-0.2, 0) is 6.18 Å². The quantitative estimate of drug-likeness (QED) is 0.452. The van der Waals surface area contributed by atoms with Crippen LogP contribution >= 0.6 is 0 Å². The van der Waals surface area contributed by atoms with Gasteiger partial charge in [-0.2, -0.15) is 18.3 Å². The maximum absolute atomic E-state index is 14.0. The van der Waals surface area contributed by atoms with E-state index >= 15 is 0 Å². The molecule has 0 saturated carbocycles. The number of likely N-dealkylation sites (N-methyl/N-ethyl adjacent to an activating group) is 1. The number of piperazine rings is 1. The summed E-state index contributed by atoms with van der Waals surface area (Å²) in [6.45, 7) is 6.51. The zero-order valence-electron chi connectivity index (χ0n) is 18.5. The van der Waals surface area contributed by atoms with Crippen LogP contribution in [0.1, 0.15) is 28.6 Å². The van der Waals surface area contributed by atoms with E-state index in [9.17, 15) is 17.6 Å². The molecule has 176 valence electrons. The van der Waals surface area contributed by atoms with Crippen molar-refractivity contribution in [2.24, 2.45) is 5.73 Å². The van der Waals surface area contributed by atoms with Crippen molar-refractivity contribution in [3.05, 3.63) is 52.6 Å². The van der Waals surface area contributed by atoms with Crippen LogP contribution in [0.4, 0.5) is 29.2 Å². The molecule has 4 rings (SSSR count). The van der Waals surface area contributed by atoms with E-state index in [-0.39, 0.29) is 16.9 Å². The van der Waals surface area contributed by atoms with Gasteiger partial charge in [-0.15, -0.1) is 5.10 Å². The maximum Gasteiger partial charge on any atom is 0.416 e. The van der Waals surface area contributed by atoms with Gasteiger partial charge >= 0.3 is 6.18 Å². The van der Waals surface area contributed by atoms with Crippen molar-refractivity contribution < 1.29 is 17.6 Å². The fourth-order valence-electron chi connectivity index (χ4n) is 4.02. The largest absolute Gasteiger partial charge is 0.416 e. The molecule has 0 spiro atoms. The van der Waals surface area contributed by atoms with E-state index < -0.39 is 23.7 Å². The molecule has 1 atom stereocenters. The number of alkyl halides is 3. The fraction of sp³-hybridized carbons (Fsp3) is 0.409. The lowest BCUT2D eigenvalue weighted by molar-refractivity contribution is -0.138. The van der Waals surface area contributed by atoms with Gasteiger partial charge in [0, 0.05) is 43.1 Å². The summed E-state index contributed by atoms with van der Waals surface area (Å²) in [4.78, 5) is 8.96. The highest BCUT2D eigenvalue weighted by molar-refractivity contribution is 5.94. The Bertz CT molecular complexity index is 1170. The van der Waals surface area contributed by atoms with E-state index in [1.165, 1.54) is 6.92 Å². The predicted molar refractivity (Wildman–Crippen MR) is 118 cm³/mol. The number of nitrogens with one attached hydrogen (secondary N) is 1. The van der Waals surface area contributed by atoms with Gasteiger partial charge in [-0.1, -0.05) is 0 Å². The molecular formula is C22H25F4N7. The molecule has 0 radical (unpaired) electrons. The van der Waals surface area contributed by atoms with Crippen molar-refractivity contribution in [1.29, 1.82) is 0 Å². The van der Waals surface area contributed by atoms with E-state index in [4.69, 9.17) is 5.73 Å². The number of anilines is 2. The number of hydrogen-bond donors (Lipinski definition) is 2. The smallest absolute Gasteiger partial charge is 0.354 e. The average Bonchev–Trinajstić information content (AvgIpc) is 2.76. The highest BCUT2D eigenvalue weighted by Gasteiger charge is 2.34. The topological polar surface area (TPSA) is 83.2 Å². The number of rotatable bonds is 4. The standard InChI is InChI=1S/C22H25F4N7/c1-12-15(8-14(23)9-18(12)22(24,25)26)20(27)29-21-16-10-19(33-6-4-32(3)5-7-33)28-11-17(16)13(2)30-31-21/h8-11,20H,4-7,27H2,1-3H3,(H,29,31)/t20-/m0/s1. The number of aromatic nitrogens is 3. The number of fused-ring (bicyclic) bond motifs is 1. The SMILES string of the molecule is Cc1c([C@@H](N)Nc2nnc(C)c3cnc(N4CCN(C)CC4)cc23)cc(F)cc1C(F)(F)F. The van der Waals surface area contributed by atoms with Crippen molar-refractivity contribution in [2.45, 2.75) is 26.2 Å². The molecule has 2 aromatic heterocycles. The van der Waals surface area contributed by atoms with Gasteiger partial charge in [-0.05, 0) is 50.2 Å². The second-order valence-electron chi connectivity index (χ2n) is 8.30. The van der Waals surface area contributed by atoms with E-state index in [1.807, 2.05) is 6.07 Å². The molecular weight excluding hydrogens is 438 g/mol. The number of nitrogens with two attached hydrogens (primary N) is 1. The number of aryl methyl sites for hydroxylation is 1. The average molecular weight is 463 g/mol. The summed E-state index contributed by atoms with van der Waals surface area (Å²) >= 11 is 0. The van der Waals surface area contributed by atoms with E-state index in [0.717, 1.165) is 43.4 Å². The zero-order chi connectivity index (χ0) is 23.9. The third-order valence-electron chi connectivity index (χ3n) is 6.01. The molecule has 0 bridgehead atoms. The lowest BCUT2D eigenvalue weighted by Crippen LogP contribution is -2.44. The van der Waals surface area contributed by atoms with Gasteiger partial charge in [0.05, 0.1) is 11.3 Å². The molecule has 1 saturated heterocycles. The highest BCUT2D eigenvalue weighted by Crippen LogP contribution is 2.36. The Labute approximate surface area is 188 Å². The Morgan fingerprint density at radius 2 is 1.73 bits per heavy atom. The number of benzene rings is 1. The first-order valence-corrected chi connectivity index (χ1v) is 10.5. The molecule has 1 fully saturated rings. The van der Waals surface area contributed by atoms with Gasteiger partial charge in [0.25, 0.3) is 0 Å². The first-order chi connectivity index (χ1) is 15.5. The summed E-state index contributed by atoms with van der Waals surface area (Å²) in [6, 6.07) is 3.35. The molecule has 1 aliphatic heterocycles. The monoisotopic (exact) mass is 463 g/mol. The molecule has 1 aromatic carbocycles. The van der Waals surface area contributed by atoms with Crippen LogP contribution in [0.5, 0.6) is 0 Å². The van der Waals surface area contributed by atoms with Crippen molar-refractivity contribution in [2.75, 3.05) is 43.4 Å². The van der Waals surface area contributed by atoms with Gasteiger partial charge in [-0.25, -0.2) is 9.37 Å². The second kappa shape index (κ2) is 8.71. The molecule has 7 nitrogen and oxygen atoms in total. The Morgan fingerprint density at radius 1 is 1.03 bits per heavy atom. The third-order valence-corrected chi connectivity index (χ3v) is 6.01. The second-order valence-corrected chi connectivity index (χ2v) is 8.30. The fourth-order valence-corrected chi connectivity index (χ4v) is 4.02. The van der Waals surface area contributed by atoms with E-state index in [2.05, 4.69) is 37.3 Å². The minimum absolute atomic E-state index is 0.00815. The lowest BCUT2D eigenvalue weighted by atomic mass is 9.99. The summed E-state index contributed by atoms with van der Waals surface area (Å²) in [7, 11) is 2.06. The van der Waals surface area contributed by atoms with Gasteiger partial charge in [0.1, 0.15) is 17.8 Å². The lowest BCUT2D eigenvalue weighted by Gasteiger charge is -2.33. The number of nitrogens with zero attached hydrogens (tertiary/aromatic N) is 5. The Morgan fingerprint density at radius 3 is 2.39 bits per heavy atom. The van der Waals surface area contributed by atoms with Crippen molar-refractivity contribution >= 4 is 22.4 Å². The molecule has 0 unspecified atom stereocenters. The van der Waals surface area contributed by atoms with Crippen molar-refractivity contribution in [3.8, 4) is 0 Å². The minimum atomic E-state index is -4.69. The minimum Gasteiger partial charge on any atom is -0.354 e. The summed E-state index contributed by atoms with van der Waals surface area (Å²) in [6.07, 6.45) is -4.12. The van der Waals surface area contributed by atoms with Crippen LogP contribution in [0.3, 0.4) is 0 Å². The normalized spacial score (nSPS) is 16.3. The molecule has 3 heterocycles. The highest BCUT2D eigenvalue weighted by atomic mass is 19.4. The first kappa shape index (κ1) is 23.1. The summed E-state index contributed by atoms with van der Waals surface area (Å²) < 4.78 is 54.0. The number of halogens is 4. The van der Waals surface area contributed by atoms with Crippen LogP contribution in [-0.4, -0.2) is 53.3 Å². The Hall–Kier alpha value is -3.05. The molecule has 0 aliphatic carbocycles. The van der Waals surface area contributed by atoms with Crippen LogP contribution < -0.4 is 16.0 Å². The van der Waals surface area contributed by atoms with Gasteiger partial charge < -0.3 is 20.9 Å². The summed E-state index contributed by atoms with van der Waals surface area (Å²) in [5.41, 5.74) is 5.63. The predicted octanol–water partition coefficient (Wildman–Crippen LogP) is 3.62. The first-order valence-electron chi connectivity index (χ1n) is 10.5. The Balaban J connectivity index is 1.71. The zero-order valence-corrected chi connectivity index (χ0v) is 18.5. The van der Waals surface area contributed by atoms with Gasteiger partial charge in [0.15, 0.2) is 5.82 Å². The third kappa shape index (κ3) is 4.69. The molecule has 0 amide bonds. The van der Waals surface area contributed by atoms with E-state index in [0.29, 0.717) is 17.1 Å². The molecule has 33 heavy (non-hydrogen) atoms. The van der Waals surface area contributed by atoms with Crippen LogP contribution in [0.15, 0.2) is 24.4 Å². The van der Waals surface area contributed by atoms with Crippen LogP contribution in [0, 0.1) is 19.7 Å². The van der Waals surface area contributed by atoms with Crippen LogP contribution in [0.25, 0.3) is 10.8 Å². The summed E-state index contributed by atoms with van der Waals surface area (Å²) in [5.74, 6) is 0.0422. The van der Waals surface area contributed by atoms with E-state index in [1.54, 1.807) is 13.1 Å². The number of hydrogen-bond acceptors (Lipinski definition) is 7. The van der Waals surface area contributed by atoms with Crippen molar-refractivity contribution in [3.63, 3.8) is 0 Å². The summed E-state index contributed by atoms with van der Waals surface area (Å²) in [5, 5.41) is 12.7. The van der Waals surface area contributed by atoms with Gasteiger partial charge in [0.2, 0.25) is 0 Å². The molecule has 3 aromatic rings. The molecule has 3 N–H and O–H groups in total. The molecule has 1 aliphatic rings.